The predicted octanol–water partition coefficient (Wildman–Crippen LogP) is -2.34. The van der Waals surface area contributed by atoms with Gasteiger partial charge in [-0.15, -0.1) is 0 Å². The van der Waals surface area contributed by atoms with Crippen LogP contribution in [0.1, 0.15) is 0 Å². The van der Waals surface area contributed by atoms with E-state index in [9.17, 15) is 0 Å². The van der Waals surface area contributed by atoms with Crippen molar-refractivity contribution >= 4 is 0 Å². The van der Waals surface area contributed by atoms with Gasteiger partial charge in [-0.25, -0.2) is 0 Å². The van der Waals surface area contributed by atoms with Crippen molar-refractivity contribution < 1.29 is 52.6 Å². The van der Waals surface area contributed by atoms with Crippen LogP contribution in [-0.4, -0.2) is 40.7 Å². The summed E-state index contributed by atoms with van der Waals surface area (Å²) < 4.78 is 0. The van der Waals surface area contributed by atoms with E-state index in [2.05, 4.69) is 0 Å². The van der Waals surface area contributed by atoms with Crippen molar-refractivity contribution in [3.63, 3.8) is 0 Å². The number of nitrogens with two attached hydrogens (primary N) is 1. The molecule has 5 heteroatoms. The number of hydrogen-bond acceptors (Lipinski definition) is 4. The molecule has 62 valence electrons. The third-order valence-corrected chi connectivity index (χ3v) is 0.945. The van der Waals surface area contributed by atoms with Gasteiger partial charge in [-0.2, -0.15) is 0 Å². The van der Waals surface area contributed by atoms with Crippen molar-refractivity contribution in [1.29, 1.82) is 0 Å². The number of aliphatic hydroxyl groups is 3. The Morgan fingerprint density at radius 3 is 1.22 bits per heavy atom. The van der Waals surface area contributed by atoms with E-state index in [1.54, 1.807) is 0 Å². The first-order valence-electron chi connectivity index (χ1n) is 2.30. The van der Waals surface area contributed by atoms with Crippen LogP contribution in [0.3, 0.4) is 0 Å². The van der Waals surface area contributed by atoms with Gasteiger partial charge in [-0.3, -0.25) is 0 Å². The SMILES string of the molecule is NC(CO)(CO)CO.[Er]. The fourth-order valence-corrected chi connectivity index (χ4v) is 0.150. The average molecular weight is 288 g/mol. The molecule has 0 spiro atoms. The van der Waals surface area contributed by atoms with Crippen LogP contribution in [0.4, 0.5) is 0 Å². The molecule has 4 nitrogen and oxygen atoms in total. The van der Waals surface area contributed by atoms with Crippen LogP contribution in [0.25, 0.3) is 0 Å². The fraction of sp³-hybridized carbons (Fsp3) is 1.00. The molecular weight excluding hydrogens is 277 g/mol. The van der Waals surface area contributed by atoms with Crippen molar-refractivity contribution in [2.24, 2.45) is 5.73 Å². The van der Waals surface area contributed by atoms with E-state index in [1.807, 2.05) is 0 Å². The molecule has 0 aromatic carbocycles. The molecule has 9 heavy (non-hydrogen) atoms. The van der Waals surface area contributed by atoms with Crippen molar-refractivity contribution in [2.45, 2.75) is 5.54 Å². The summed E-state index contributed by atoms with van der Waals surface area (Å²) in [5.74, 6) is 0. The molecule has 0 bridgehead atoms. The largest absolute Gasteiger partial charge is 0.394 e. The molecule has 0 aliphatic heterocycles. The summed E-state index contributed by atoms with van der Waals surface area (Å²) in [5.41, 5.74) is 3.94. The van der Waals surface area contributed by atoms with Gasteiger partial charge in [-0.05, 0) is 0 Å². The number of aliphatic hydroxyl groups excluding tert-OH is 3. The van der Waals surface area contributed by atoms with Gasteiger partial charge in [0.05, 0.1) is 25.4 Å². The van der Waals surface area contributed by atoms with Gasteiger partial charge in [0.2, 0.25) is 0 Å². The van der Waals surface area contributed by atoms with Gasteiger partial charge in [-0.1, -0.05) is 0 Å². The van der Waals surface area contributed by atoms with Gasteiger partial charge in [0, 0.05) is 37.3 Å². The summed E-state index contributed by atoms with van der Waals surface area (Å²) in [5, 5.41) is 25.0. The first-order chi connectivity index (χ1) is 3.68. The summed E-state index contributed by atoms with van der Waals surface area (Å²) in [6.07, 6.45) is 0. The maximum absolute atomic E-state index is 8.34. The summed E-state index contributed by atoms with van der Waals surface area (Å²) >= 11 is 0. The molecule has 0 amide bonds. The molecule has 0 aromatic rings. The number of rotatable bonds is 3. The van der Waals surface area contributed by atoms with E-state index in [1.165, 1.54) is 0 Å². The topological polar surface area (TPSA) is 86.7 Å². The smallest absolute Gasteiger partial charge is 0.0856 e. The van der Waals surface area contributed by atoms with Gasteiger partial charge in [0.1, 0.15) is 0 Å². The average Bonchev–Trinajstić information content (AvgIpc) is 1.87. The Balaban J connectivity index is 0. The van der Waals surface area contributed by atoms with Crippen molar-refractivity contribution in [3.8, 4) is 0 Å². The first kappa shape index (κ1) is 12.7. The van der Waals surface area contributed by atoms with E-state index < -0.39 is 25.4 Å². The molecular formula is C4H11ErNO3. The van der Waals surface area contributed by atoms with Crippen LogP contribution < -0.4 is 5.73 Å². The maximum Gasteiger partial charge on any atom is 0.0856 e. The van der Waals surface area contributed by atoms with Crippen LogP contribution in [-0.2, 0) is 0 Å². The standard InChI is InChI=1S/C4H11NO3.Er/c5-4(1-6,2-7)3-8;/h6-8H,1-3,5H2;. The first-order valence-corrected chi connectivity index (χ1v) is 2.30. The van der Waals surface area contributed by atoms with Gasteiger partial charge in [0.25, 0.3) is 0 Å². The molecule has 0 aromatic heterocycles. The Hall–Kier alpha value is 1.09. The molecule has 0 aliphatic rings. The van der Waals surface area contributed by atoms with Gasteiger partial charge in [0.15, 0.2) is 0 Å². The summed E-state index contributed by atoms with van der Waals surface area (Å²) in [6, 6.07) is 0. The second-order valence-corrected chi connectivity index (χ2v) is 1.84. The zero-order valence-corrected chi connectivity index (χ0v) is 6.68. The zero-order chi connectivity index (χ0) is 6.62. The molecule has 0 aliphatic carbocycles. The molecule has 0 unspecified atom stereocenters. The normalized spacial score (nSPS) is 10.7. The van der Waals surface area contributed by atoms with E-state index in [-0.39, 0.29) is 37.3 Å². The maximum atomic E-state index is 8.34. The second kappa shape index (κ2) is 5.84. The summed E-state index contributed by atoms with van der Waals surface area (Å²) in [4.78, 5) is 0. The minimum atomic E-state index is -1.21. The second-order valence-electron chi connectivity index (χ2n) is 1.84. The van der Waals surface area contributed by atoms with Crippen LogP contribution in [0, 0.1) is 37.3 Å². The van der Waals surface area contributed by atoms with Crippen molar-refractivity contribution in [1.82, 2.24) is 0 Å². The molecule has 5 N–H and O–H groups in total. The van der Waals surface area contributed by atoms with E-state index in [4.69, 9.17) is 21.1 Å². The summed E-state index contributed by atoms with van der Waals surface area (Å²) in [7, 11) is 0. The molecule has 0 saturated heterocycles. The molecule has 0 radical (unpaired) electrons. The van der Waals surface area contributed by atoms with E-state index >= 15 is 0 Å². The minimum Gasteiger partial charge on any atom is -0.394 e. The van der Waals surface area contributed by atoms with Crippen molar-refractivity contribution in [2.75, 3.05) is 19.8 Å². The van der Waals surface area contributed by atoms with Crippen LogP contribution in [0.5, 0.6) is 0 Å². The monoisotopic (exact) mass is 287 g/mol. The quantitative estimate of drug-likeness (QED) is 0.469. The van der Waals surface area contributed by atoms with Crippen LogP contribution in [0.2, 0.25) is 0 Å². The van der Waals surface area contributed by atoms with Crippen molar-refractivity contribution in [3.05, 3.63) is 0 Å². The van der Waals surface area contributed by atoms with Crippen LogP contribution in [0.15, 0.2) is 0 Å². The minimum absolute atomic E-state index is 0. The third-order valence-electron chi connectivity index (χ3n) is 0.945. The van der Waals surface area contributed by atoms with Crippen LogP contribution >= 0.6 is 0 Å². The molecule has 0 atom stereocenters. The Morgan fingerprint density at radius 2 is 1.22 bits per heavy atom. The van der Waals surface area contributed by atoms with Gasteiger partial charge >= 0.3 is 0 Å². The Kier molecular flexibility index (Phi) is 8.26. The Labute approximate surface area is 83.3 Å². The molecule has 0 fully saturated rings. The zero-order valence-electron chi connectivity index (χ0n) is 4.83. The third kappa shape index (κ3) is 4.49. The fourth-order valence-electron chi connectivity index (χ4n) is 0.150. The Morgan fingerprint density at radius 1 is 1.00 bits per heavy atom. The Bertz CT molecular complexity index is 58.6. The summed E-state index contributed by atoms with van der Waals surface area (Å²) in [6.45, 7) is -1.21. The number of hydrogen-bond donors (Lipinski definition) is 4. The molecule has 0 saturated carbocycles. The van der Waals surface area contributed by atoms with Gasteiger partial charge < -0.3 is 21.1 Å². The van der Waals surface area contributed by atoms with E-state index in [0.717, 1.165) is 0 Å². The predicted molar refractivity (Wildman–Crippen MR) is 28.2 cm³/mol. The van der Waals surface area contributed by atoms with E-state index in [0.29, 0.717) is 0 Å². The molecule has 0 heterocycles. The molecule has 0 rings (SSSR count).